The van der Waals surface area contributed by atoms with Gasteiger partial charge in [-0.2, -0.15) is 16.7 Å². The van der Waals surface area contributed by atoms with Gasteiger partial charge in [-0.15, -0.1) is 0 Å². The van der Waals surface area contributed by atoms with Crippen LogP contribution in [-0.2, 0) is 11.2 Å². The molecule has 112 valence electrons. The van der Waals surface area contributed by atoms with Crippen molar-refractivity contribution >= 4 is 11.8 Å². The maximum absolute atomic E-state index is 9.27. The molecule has 2 aromatic rings. The standard InChI is InChI=1S/C14H17N3O3S/c15-11(7-9-1-3-10(18)4-2-9)14-16-13(17-20-14)12-8-21-6-5-19-12/h1-4,11-12,18H,5-8,15H2/t11-,12?/m1/s1. The molecule has 1 aliphatic rings. The van der Waals surface area contributed by atoms with Crippen LogP contribution in [0, 0.1) is 0 Å². The van der Waals surface area contributed by atoms with Crippen molar-refractivity contribution < 1.29 is 14.4 Å². The van der Waals surface area contributed by atoms with Gasteiger partial charge in [0.25, 0.3) is 0 Å². The van der Waals surface area contributed by atoms with Crippen LogP contribution in [0.1, 0.15) is 29.4 Å². The number of phenols is 1. The van der Waals surface area contributed by atoms with Crippen LogP contribution < -0.4 is 5.73 Å². The van der Waals surface area contributed by atoms with Crippen LogP contribution in [0.3, 0.4) is 0 Å². The molecule has 0 radical (unpaired) electrons. The van der Waals surface area contributed by atoms with Crippen molar-refractivity contribution in [2.45, 2.75) is 18.6 Å². The van der Waals surface area contributed by atoms with Crippen LogP contribution >= 0.6 is 11.8 Å². The highest BCUT2D eigenvalue weighted by molar-refractivity contribution is 7.99. The van der Waals surface area contributed by atoms with Crippen LogP contribution in [-0.4, -0.2) is 33.4 Å². The van der Waals surface area contributed by atoms with E-state index in [0.29, 0.717) is 24.7 Å². The van der Waals surface area contributed by atoms with Crippen molar-refractivity contribution in [1.82, 2.24) is 10.1 Å². The number of benzene rings is 1. The largest absolute Gasteiger partial charge is 0.508 e. The number of aromatic hydroxyl groups is 1. The van der Waals surface area contributed by atoms with E-state index in [1.165, 1.54) is 0 Å². The van der Waals surface area contributed by atoms with E-state index < -0.39 is 0 Å². The fraction of sp³-hybridized carbons (Fsp3) is 0.429. The zero-order valence-corrected chi connectivity index (χ0v) is 12.3. The predicted molar refractivity (Wildman–Crippen MR) is 79.1 cm³/mol. The van der Waals surface area contributed by atoms with Gasteiger partial charge in [-0.25, -0.2) is 0 Å². The van der Waals surface area contributed by atoms with Gasteiger partial charge in [0.15, 0.2) is 0 Å². The fourth-order valence-electron chi connectivity index (χ4n) is 2.14. The third-order valence-electron chi connectivity index (χ3n) is 3.27. The number of hydrogen-bond acceptors (Lipinski definition) is 7. The Labute approximate surface area is 126 Å². The third-order valence-corrected chi connectivity index (χ3v) is 4.26. The minimum absolute atomic E-state index is 0.109. The minimum Gasteiger partial charge on any atom is -0.508 e. The van der Waals surface area contributed by atoms with Crippen LogP contribution in [0.15, 0.2) is 28.8 Å². The number of nitrogens with two attached hydrogens (primary N) is 1. The first-order valence-corrected chi connectivity index (χ1v) is 7.94. The Hall–Kier alpha value is -1.57. The molecule has 1 aliphatic heterocycles. The van der Waals surface area contributed by atoms with Crippen LogP contribution in [0.5, 0.6) is 5.75 Å². The lowest BCUT2D eigenvalue weighted by molar-refractivity contribution is 0.0677. The maximum Gasteiger partial charge on any atom is 0.243 e. The van der Waals surface area contributed by atoms with Crippen molar-refractivity contribution in [1.29, 1.82) is 0 Å². The summed E-state index contributed by atoms with van der Waals surface area (Å²) in [5, 5.41) is 13.2. The zero-order chi connectivity index (χ0) is 14.7. The highest BCUT2D eigenvalue weighted by atomic mass is 32.2. The monoisotopic (exact) mass is 307 g/mol. The number of rotatable bonds is 4. The summed E-state index contributed by atoms with van der Waals surface area (Å²) in [5.74, 6) is 3.06. The summed E-state index contributed by atoms with van der Waals surface area (Å²) in [6.45, 7) is 0.707. The number of thioether (sulfide) groups is 1. The van der Waals surface area contributed by atoms with Gasteiger partial charge in [-0.05, 0) is 24.1 Å². The van der Waals surface area contributed by atoms with E-state index in [9.17, 15) is 5.11 Å². The molecule has 2 heterocycles. The summed E-state index contributed by atoms with van der Waals surface area (Å²) in [6.07, 6.45) is 0.462. The summed E-state index contributed by atoms with van der Waals surface area (Å²) in [4.78, 5) is 4.36. The van der Waals surface area contributed by atoms with Crippen LogP contribution in [0.25, 0.3) is 0 Å². The Balaban J connectivity index is 1.65. The lowest BCUT2D eigenvalue weighted by Gasteiger charge is -2.18. The number of aromatic nitrogens is 2. The molecule has 2 atom stereocenters. The second kappa shape index (κ2) is 6.46. The summed E-state index contributed by atoms with van der Waals surface area (Å²) in [5.41, 5.74) is 7.11. The van der Waals surface area contributed by atoms with Gasteiger partial charge in [0.05, 0.1) is 12.6 Å². The van der Waals surface area contributed by atoms with Gasteiger partial charge in [-0.1, -0.05) is 17.3 Å². The highest BCUT2D eigenvalue weighted by Crippen LogP contribution is 2.25. The Bertz CT molecular complexity index is 581. The fourth-order valence-corrected chi connectivity index (χ4v) is 2.98. The first kappa shape index (κ1) is 14.4. The van der Waals surface area contributed by atoms with E-state index >= 15 is 0 Å². The molecule has 0 amide bonds. The zero-order valence-electron chi connectivity index (χ0n) is 11.4. The second-order valence-corrected chi connectivity index (χ2v) is 6.05. The third kappa shape index (κ3) is 3.55. The van der Waals surface area contributed by atoms with Gasteiger partial charge in [-0.3, -0.25) is 0 Å². The van der Waals surface area contributed by atoms with Gasteiger partial charge in [0, 0.05) is 11.5 Å². The molecular weight excluding hydrogens is 290 g/mol. The average molecular weight is 307 g/mol. The molecule has 1 unspecified atom stereocenters. The number of hydrogen-bond donors (Lipinski definition) is 2. The Morgan fingerprint density at radius 1 is 1.38 bits per heavy atom. The minimum atomic E-state index is -0.368. The number of phenolic OH excluding ortho intramolecular Hbond substituents is 1. The molecule has 1 saturated heterocycles. The molecule has 1 aromatic carbocycles. The molecule has 7 heteroatoms. The predicted octanol–water partition coefficient (Wildman–Crippen LogP) is 1.82. The molecule has 1 aromatic heterocycles. The number of ether oxygens (including phenoxy) is 1. The van der Waals surface area contributed by atoms with Crippen molar-refractivity contribution in [3.8, 4) is 5.75 Å². The van der Waals surface area contributed by atoms with E-state index in [2.05, 4.69) is 10.1 Å². The topological polar surface area (TPSA) is 94.4 Å². The SMILES string of the molecule is N[C@H](Cc1ccc(O)cc1)c1nc(C2CSCCO2)no1. The van der Waals surface area contributed by atoms with E-state index in [4.69, 9.17) is 15.0 Å². The van der Waals surface area contributed by atoms with E-state index in [-0.39, 0.29) is 17.9 Å². The lowest BCUT2D eigenvalue weighted by Crippen LogP contribution is -2.17. The van der Waals surface area contributed by atoms with Crippen LogP contribution in [0.4, 0.5) is 0 Å². The molecule has 3 N–H and O–H groups in total. The van der Waals surface area contributed by atoms with Crippen molar-refractivity contribution in [2.75, 3.05) is 18.1 Å². The van der Waals surface area contributed by atoms with Gasteiger partial charge < -0.3 is 20.1 Å². The van der Waals surface area contributed by atoms with Crippen molar-refractivity contribution in [3.63, 3.8) is 0 Å². The average Bonchev–Trinajstić information content (AvgIpc) is 3.00. The lowest BCUT2D eigenvalue weighted by atomic mass is 10.1. The van der Waals surface area contributed by atoms with E-state index in [0.717, 1.165) is 17.1 Å². The van der Waals surface area contributed by atoms with Gasteiger partial charge in [0.1, 0.15) is 11.9 Å². The molecule has 6 nitrogen and oxygen atoms in total. The normalized spacial score (nSPS) is 20.3. The summed E-state index contributed by atoms with van der Waals surface area (Å²) in [6, 6.07) is 6.55. The smallest absolute Gasteiger partial charge is 0.243 e. The Morgan fingerprint density at radius 3 is 2.90 bits per heavy atom. The first-order valence-electron chi connectivity index (χ1n) is 6.78. The summed E-state index contributed by atoms with van der Waals surface area (Å²) < 4.78 is 10.9. The quantitative estimate of drug-likeness (QED) is 0.889. The molecule has 0 saturated carbocycles. The van der Waals surface area contributed by atoms with Crippen molar-refractivity contribution in [2.24, 2.45) is 5.73 Å². The summed E-state index contributed by atoms with van der Waals surface area (Å²) >= 11 is 1.82. The Kier molecular flexibility index (Phi) is 4.42. The van der Waals surface area contributed by atoms with E-state index in [1.54, 1.807) is 12.1 Å². The van der Waals surface area contributed by atoms with Crippen molar-refractivity contribution in [3.05, 3.63) is 41.5 Å². The van der Waals surface area contributed by atoms with Gasteiger partial charge >= 0.3 is 0 Å². The molecule has 21 heavy (non-hydrogen) atoms. The second-order valence-electron chi connectivity index (χ2n) is 4.90. The molecular formula is C14H17N3O3S. The molecule has 0 spiro atoms. The van der Waals surface area contributed by atoms with E-state index in [1.807, 2.05) is 23.9 Å². The Morgan fingerprint density at radius 2 is 2.19 bits per heavy atom. The molecule has 3 rings (SSSR count). The molecule has 1 fully saturated rings. The summed E-state index contributed by atoms with van der Waals surface area (Å²) in [7, 11) is 0. The van der Waals surface area contributed by atoms with Crippen LogP contribution in [0.2, 0.25) is 0 Å². The maximum atomic E-state index is 9.27. The van der Waals surface area contributed by atoms with Gasteiger partial charge in [0.2, 0.25) is 11.7 Å². The number of nitrogens with zero attached hydrogens (tertiary/aromatic N) is 2. The molecule has 0 aliphatic carbocycles. The first-order chi connectivity index (χ1) is 10.2. The molecule has 0 bridgehead atoms. The highest BCUT2D eigenvalue weighted by Gasteiger charge is 2.24.